The number of imidazole rings is 1. The third kappa shape index (κ3) is 5.03. The first-order valence-corrected chi connectivity index (χ1v) is 12.3. The number of halogens is 1. The lowest BCUT2D eigenvalue weighted by Crippen LogP contribution is -2.34. The van der Waals surface area contributed by atoms with Crippen molar-refractivity contribution >= 4 is 39.8 Å². The van der Waals surface area contributed by atoms with Gasteiger partial charge in [-0.15, -0.1) is 0 Å². The van der Waals surface area contributed by atoms with Crippen molar-refractivity contribution in [3.8, 4) is 11.4 Å². The number of hydrogen-bond donors (Lipinski definition) is 2. The van der Waals surface area contributed by atoms with Crippen molar-refractivity contribution in [2.24, 2.45) is 0 Å². The highest BCUT2D eigenvalue weighted by Crippen LogP contribution is 2.39. The number of fused-ring (bicyclic) bond motifs is 1. The molecule has 1 unspecified atom stereocenters. The van der Waals surface area contributed by atoms with E-state index in [-0.39, 0.29) is 11.7 Å². The molecule has 2 aromatic carbocycles. The summed E-state index contributed by atoms with van der Waals surface area (Å²) in [6, 6.07) is 12.2. The van der Waals surface area contributed by atoms with Gasteiger partial charge < -0.3 is 25.2 Å². The van der Waals surface area contributed by atoms with Gasteiger partial charge in [-0.1, -0.05) is 12.6 Å². The number of likely N-dealkylation sites (N-methyl/N-ethyl adjacent to an activating group) is 2. The predicted molar refractivity (Wildman–Crippen MR) is 148 cm³/mol. The highest BCUT2D eigenvalue weighted by molar-refractivity contribution is 6.02. The predicted octanol–water partition coefficient (Wildman–Crippen LogP) is 4.58. The van der Waals surface area contributed by atoms with E-state index < -0.39 is 0 Å². The highest BCUT2D eigenvalue weighted by atomic mass is 19.1. The van der Waals surface area contributed by atoms with Crippen molar-refractivity contribution < 1.29 is 13.9 Å². The molecule has 2 N–H and O–H groups in total. The molecule has 1 amide bonds. The fraction of sp³-hybridized carbons (Fsp3) is 0.250. The van der Waals surface area contributed by atoms with E-state index in [1.54, 1.807) is 30.3 Å². The number of ether oxygens (including phenoxy) is 1. The second-order valence-corrected chi connectivity index (χ2v) is 9.36. The van der Waals surface area contributed by atoms with Gasteiger partial charge in [0.2, 0.25) is 5.91 Å². The van der Waals surface area contributed by atoms with Crippen LogP contribution in [0.15, 0.2) is 67.6 Å². The lowest BCUT2D eigenvalue weighted by molar-refractivity contribution is -0.111. The molecule has 9 nitrogen and oxygen atoms in total. The van der Waals surface area contributed by atoms with E-state index in [1.165, 1.54) is 18.2 Å². The molecular formula is C28H30FN7O2. The number of methoxy groups -OCH3 is 1. The molecule has 0 aliphatic carbocycles. The summed E-state index contributed by atoms with van der Waals surface area (Å²) in [6.07, 6.45) is 5.55. The highest BCUT2D eigenvalue weighted by Gasteiger charge is 2.26. The van der Waals surface area contributed by atoms with Crippen LogP contribution in [0.3, 0.4) is 0 Å². The third-order valence-electron chi connectivity index (χ3n) is 6.84. The number of rotatable bonds is 8. The Morgan fingerprint density at radius 2 is 2.08 bits per heavy atom. The first-order chi connectivity index (χ1) is 18.4. The number of hydrogen-bond acceptors (Lipinski definition) is 7. The van der Waals surface area contributed by atoms with Crippen molar-refractivity contribution in [3.05, 3.63) is 73.5 Å². The maximum absolute atomic E-state index is 13.9. The van der Waals surface area contributed by atoms with Gasteiger partial charge in [-0.25, -0.2) is 14.4 Å². The van der Waals surface area contributed by atoms with Gasteiger partial charge in [0.25, 0.3) is 0 Å². The molecule has 1 atom stereocenters. The normalized spacial score (nSPS) is 15.4. The average Bonchev–Trinajstić information content (AvgIpc) is 3.54. The number of benzene rings is 2. The molecule has 0 radical (unpaired) electrons. The van der Waals surface area contributed by atoms with Crippen LogP contribution in [0.5, 0.6) is 5.75 Å². The third-order valence-corrected chi connectivity index (χ3v) is 6.84. The average molecular weight is 516 g/mol. The van der Waals surface area contributed by atoms with Crippen LogP contribution in [0, 0.1) is 5.82 Å². The van der Waals surface area contributed by atoms with E-state index in [0.29, 0.717) is 40.2 Å². The van der Waals surface area contributed by atoms with Crippen molar-refractivity contribution in [1.82, 2.24) is 19.4 Å². The fourth-order valence-electron chi connectivity index (χ4n) is 4.79. The second kappa shape index (κ2) is 10.5. The Balaban J connectivity index is 1.52. The second-order valence-electron chi connectivity index (χ2n) is 9.36. The van der Waals surface area contributed by atoms with E-state index in [2.05, 4.69) is 44.0 Å². The molecule has 1 aliphatic rings. The molecule has 0 saturated carbocycles. The van der Waals surface area contributed by atoms with Crippen LogP contribution >= 0.6 is 0 Å². The smallest absolute Gasteiger partial charge is 0.247 e. The summed E-state index contributed by atoms with van der Waals surface area (Å²) in [5.74, 6) is 0.492. The summed E-state index contributed by atoms with van der Waals surface area (Å²) in [5, 5.41) is 6.25. The number of nitrogens with one attached hydrogen (secondary N) is 2. The van der Waals surface area contributed by atoms with Crippen LogP contribution in [-0.4, -0.2) is 65.7 Å². The first-order valence-electron chi connectivity index (χ1n) is 12.3. The van der Waals surface area contributed by atoms with Crippen LogP contribution in [-0.2, 0) is 4.79 Å². The number of likely N-dealkylation sites (tertiary alicyclic amines) is 1. The summed E-state index contributed by atoms with van der Waals surface area (Å²) >= 11 is 0. The maximum Gasteiger partial charge on any atom is 0.247 e. The SMILES string of the molecule is C=CC(=O)Nc1cc(Nc2cc3c(cn2)ncn3-c2cccc(F)c2)c(OC)cc1N(C)C1CCN(C)C1. The van der Waals surface area contributed by atoms with E-state index in [0.717, 1.165) is 30.7 Å². The van der Waals surface area contributed by atoms with E-state index in [4.69, 9.17) is 4.74 Å². The number of aromatic nitrogens is 3. The summed E-state index contributed by atoms with van der Waals surface area (Å²) < 4.78 is 21.4. The largest absolute Gasteiger partial charge is 0.494 e. The van der Waals surface area contributed by atoms with Crippen LogP contribution < -0.4 is 20.3 Å². The van der Waals surface area contributed by atoms with E-state index >= 15 is 0 Å². The summed E-state index contributed by atoms with van der Waals surface area (Å²) in [4.78, 5) is 25.7. The quantitative estimate of drug-likeness (QED) is 0.332. The minimum Gasteiger partial charge on any atom is -0.494 e. The van der Waals surface area contributed by atoms with Crippen LogP contribution in [0.4, 0.5) is 27.3 Å². The monoisotopic (exact) mass is 515 g/mol. The Bertz CT molecular complexity index is 1500. The Kier molecular flexibility index (Phi) is 6.97. The van der Waals surface area contributed by atoms with E-state index in [1.807, 2.05) is 31.3 Å². The van der Waals surface area contributed by atoms with Crippen molar-refractivity contribution in [2.45, 2.75) is 12.5 Å². The maximum atomic E-state index is 13.9. The van der Waals surface area contributed by atoms with E-state index in [9.17, 15) is 9.18 Å². The molecule has 38 heavy (non-hydrogen) atoms. The molecule has 196 valence electrons. The molecule has 4 aromatic rings. The van der Waals surface area contributed by atoms with Crippen LogP contribution in [0.2, 0.25) is 0 Å². The lowest BCUT2D eigenvalue weighted by Gasteiger charge is -2.29. The molecule has 3 heterocycles. The van der Waals surface area contributed by atoms with Gasteiger partial charge in [-0.05, 0) is 50.4 Å². The molecule has 10 heteroatoms. The van der Waals surface area contributed by atoms with Gasteiger partial charge in [-0.3, -0.25) is 9.36 Å². The zero-order valence-corrected chi connectivity index (χ0v) is 21.6. The molecule has 2 aromatic heterocycles. The van der Waals surface area contributed by atoms with Crippen molar-refractivity contribution in [1.29, 1.82) is 0 Å². The van der Waals surface area contributed by atoms with Gasteiger partial charge in [0, 0.05) is 31.8 Å². The minimum absolute atomic E-state index is 0.301. The van der Waals surface area contributed by atoms with Crippen LogP contribution in [0.1, 0.15) is 6.42 Å². The molecule has 0 bridgehead atoms. The Morgan fingerprint density at radius 1 is 1.24 bits per heavy atom. The molecule has 5 rings (SSSR count). The Morgan fingerprint density at radius 3 is 2.79 bits per heavy atom. The van der Waals surface area contributed by atoms with Crippen LogP contribution in [0.25, 0.3) is 16.7 Å². The van der Waals surface area contributed by atoms with Gasteiger partial charge in [0.15, 0.2) is 0 Å². The summed E-state index contributed by atoms with van der Waals surface area (Å²) in [5.41, 5.74) is 4.17. The topological polar surface area (TPSA) is 87.5 Å². The molecule has 0 spiro atoms. The Labute approximate surface area is 220 Å². The molecule has 1 saturated heterocycles. The number of pyridine rings is 1. The summed E-state index contributed by atoms with van der Waals surface area (Å²) in [6.45, 7) is 5.53. The fourth-order valence-corrected chi connectivity index (χ4v) is 4.79. The number of carbonyl (C=O) groups excluding carboxylic acids is 1. The van der Waals surface area contributed by atoms with Gasteiger partial charge in [0.05, 0.1) is 41.6 Å². The van der Waals surface area contributed by atoms with Crippen molar-refractivity contribution in [2.75, 3.05) is 49.8 Å². The van der Waals surface area contributed by atoms with Gasteiger partial charge in [-0.2, -0.15) is 0 Å². The standard InChI is InChI=1S/C28H30FN7O2/c1-5-28(37)33-21-12-22(26(38-4)13-24(21)35(3)20-9-10-34(2)16-20)32-27-14-25-23(15-30-27)31-17-36(25)19-8-6-7-18(29)11-19/h5-8,11-15,17,20H,1,9-10,16H2,2-4H3,(H,30,32)(H,33,37). The zero-order chi connectivity index (χ0) is 26.8. The van der Waals surface area contributed by atoms with Gasteiger partial charge >= 0.3 is 0 Å². The lowest BCUT2D eigenvalue weighted by atomic mass is 10.1. The Hall–Kier alpha value is -4.44. The number of amides is 1. The summed E-state index contributed by atoms with van der Waals surface area (Å²) in [7, 11) is 5.73. The number of carbonyl (C=O) groups is 1. The zero-order valence-electron chi connectivity index (χ0n) is 21.6. The van der Waals surface area contributed by atoms with Gasteiger partial charge in [0.1, 0.15) is 29.2 Å². The minimum atomic E-state index is -0.329. The number of nitrogens with zero attached hydrogens (tertiary/aromatic N) is 5. The molecule has 1 aliphatic heterocycles. The molecular weight excluding hydrogens is 485 g/mol. The van der Waals surface area contributed by atoms with Crippen molar-refractivity contribution in [3.63, 3.8) is 0 Å². The molecule has 1 fully saturated rings. The first kappa shape index (κ1) is 25.2. The number of anilines is 4.